The summed E-state index contributed by atoms with van der Waals surface area (Å²) in [5.41, 5.74) is 15.1. The van der Waals surface area contributed by atoms with Crippen LogP contribution >= 0.6 is 0 Å². The van der Waals surface area contributed by atoms with E-state index in [0.29, 0.717) is 12.3 Å². The maximum absolute atomic E-state index is 5.97. The minimum absolute atomic E-state index is 0.600. The molecule has 2 aromatic rings. The van der Waals surface area contributed by atoms with Crippen molar-refractivity contribution in [2.45, 2.75) is 6.92 Å². The monoisotopic (exact) mass is 228 g/mol. The van der Waals surface area contributed by atoms with Crippen LogP contribution in [0.1, 0.15) is 6.92 Å². The first-order valence-corrected chi connectivity index (χ1v) is 5.59. The van der Waals surface area contributed by atoms with Gasteiger partial charge in [-0.05, 0) is 25.1 Å². The number of para-hydroxylation sites is 1. The summed E-state index contributed by atoms with van der Waals surface area (Å²) in [6, 6.07) is 13.3. The number of anilines is 2. The second-order valence-corrected chi connectivity index (χ2v) is 3.78. The van der Waals surface area contributed by atoms with E-state index < -0.39 is 0 Å². The molecule has 0 aliphatic heterocycles. The first-order valence-electron chi connectivity index (χ1n) is 5.59. The van der Waals surface area contributed by atoms with E-state index in [9.17, 15) is 0 Å². The molecule has 3 nitrogen and oxygen atoms in total. The van der Waals surface area contributed by atoms with E-state index in [1.54, 1.807) is 0 Å². The van der Waals surface area contributed by atoms with Crippen molar-refractivity contribution < 1.29 is 4.74 Å². The Labute approximate surface area is 101 Å². The van der Waals surface area contributed by atoms with Crippen molar-refractivity contribution in [1.29, 1.82) is 0 Å². The van der Waals surface area contributed by atoms with Crippen LogP contribution in [0.3, 0.4) is 0 Å². The van der Waals surface area contributed by atoms with Crippen molar-refractivity contribution in [2.24, 2.45) is 0 Å². The molecular formula is C14H16N2O. The van der Waals surface area contributed by atoms with Gasteiger partial charge in [-0.15, -0.1) is 0 Å². The van der Waals surface area contributed by atoms with E-state index in [2.05, 4.69) is 0 Å². The fraction of sp³-hybridized carbons (Fsp3) is 0.143. The van der Waals surface area contributed by atoms with Crippen LogP contribution < -0.4 is 16.2 Å². The third-order valence-corrected chi connectivity index (χ3v) is 2.56. The topological polar surface area (TPSA) is 61.3 Å². The first-order chi connectivity index (χ1) is 8.22. The minimum atomic E-state index is 0.600. The molecule has 0 saturated carbocycles. The number of nitrogen functional groups attached to an aromatic ring is 2. The average Bonchev–Trinajstić information content (AvgIpc) is 2.31. The summed E-state index contributed by atoms with van der Waals surface area (Å²) in [6.07, 6.45) is 0. The summed E-state index contributed by atoms with van der Waals surface area (Å²) in [5, 5.41) is 0. The molecule has 0 amide bonds. The quantitative estimate of drug-likeness (QED) is 0.794. The average molecular weight is 228 g/mol. The summed E-state index contributed by atoms with van der Waals surface area (Å²) < 4.78 is 5.59. The van der Waals surface area contributed by atoms with Crippen LogP contribution in [0, 0.1) is 0 Å². The van der Waals surface area contributed by atoms with Crippen molar-refractivity contribution in [3.8, 4) is 16.9 Å². The summed E-state index contributed by atoms with van der Waals surface area (Å²) >= 11 is 0. The lowest BCUT2D eigenvalue weighted by molar-refractivity contribution is 0.342. The van der Waals surface area contributed by atoms with Crippen molar-refractivity contribution in [2.75, 3.05) is 18.1 Å². The van der Waals surface area contributed by atoms with Gasteiger partial charge in [0.05, 0.1) is 6.61 Å². The van der Waals surface area contributed by atoms with E-state index in [1.165, 1.54) is 0 Å². The van der Waals surface area contributed by atoms with E-state index in [1.807, 2.05) is 49.4 Å². The molecule has 0 saturated heterocycles. The van der Waals surface area contributed by atoms with E-state index in [4.69, 9.17) is 16.2 Å². The van der Waals surface area contributed by atoms with Crippen LogP contribution in [0.5, 0.6) is 5.75 Å². The molecule has 2 rings (SSSR count). The van der Waals surface area contributed by atoms with Gasteiger partial charge in [0.25, 0.3) is 0 Å². The summed E-state index contributed by atoms with van der Waals surface area (Å²) in [7, 11) is 0. The number of ether oxygens (including phenoxy) is 1. The SMILES string of the molecule is CCOc1cc(N)ccc1-c1ccccc1N. The van der Waals surface area contributed by atoms with Crippen LogP contribution in [-0.4, -0.2) is 6.61 Å². The van der Waals surface area contributed by atoms with E-state index in [-0.39, 0.29) is 0 Å². The molecule has 4 N–H and O–H groups in total. The van der Waals surface area contributed by atoms with Gasteiger partial charge in [0.1, 0.15) is 5.75 Å². The molecule has 0 unspecified atom stereocenters. The standard InChI is InChI=1S/C14H16N2O/c1-2-17-14-9-10(15)7-8-12(14)11-5-3-4-6-13(11)16/h3-9H,2,15-16H2,1H3. The first kappa shape index (κ1) is 11.3. The zero-order valence-electron chi connectivity index (χ0n) is 9.81. The number of hydrogen-bond acceptors (Lipinski definition) is 3. The highest BCUT2D eigenvalue weighted by atomic mass is 16.5. The van der Waals surface area contributed by atoms with Crippen molar-refractivity contribution in [1.82, 2.24) is 0 Å². The molecule has 0 bridgehead atoms. The Bertz CT molecular complexity index is 523. The van der Waals surface area contributed by atoms with Crippen LogP contribution in [-0.2, 0) is 0 Å². The summed E-state index contributed by atoms with van der Waals surface area (Å²) in [6.45, 7) is 2.55. The van der Waals surface area contributed by atoms with Crippen LogP contribution in [0.15, 0.2) is 42.5 Å². The van der Waals surface area contributed by atoms with Crippen molar-refractivity contribution in [3.63, 3.8) is 0 Å². The van der Waals surface area contributed by atoms with Crippen molar-refractivity contribution >= 4 is 11.4 Å². The van der Waals surface area contributed by atoms with Gasteiger partial charge >= 0.3 is 0 Å². The predicted molar refractivity (Wildman–Crippen MR) is 71.9 cm³/mol. The molecule has 17 heavy (non-hydrogen) atoms. The van der Waals surface area contributed by atoms with Gasteiger partial charge in [0.2, 0.25) is 0 Å². The number of nitrogens with two attached hydrogens (primary N) is 2. The zero-order chi connectivity index (χ0) is 12.3. The second-order valence-electron chi connectivity index (χ2n) is 3.78. The van der Waals surface area contributed by atoms with Gasteiger partial charge < -0.3 is 16.2 Å². The minimum Gasteiger partial charge on any atom is -0.493 e. The normalized spacial score (nSPS) is 10.2. The lowest BCUT2D eigenvalue weighted by atomic mass is 10.0. The molecule has 0 aliphatic rings. The van der Waals surface area contributed by atoms with Gasteiger partial charge in [-0.25, -0.2) is 0 Å². The number of benzene rings is 2. The maximum Gasteiger partial charge on any atom is 0.129 e. The highest BCUT2D eigenvalue weighted by molar-refractivity contribution is 5.81. The third kappa shape index (κ3) is 2.33. The zero-order valence-corrected chi connectivity index (χ0v) is 9.81. The van der Waals surface area contributed by atoms with E-state index in [0.717, 1.165) is 22.6 Å². The predicted octanol–water partition coefficient (Wildman–Crippen LogP) is 2.92. The van der Waals surface area contributed by atoms with Crippen LogP contribution in [0.2, 0.25) is 0 Å². The third-order valence-electron chi connectivity index (χ3n) is 2.56. The summed E-state index contributed by atoms with van der Waals surface area (Å²) in [4.78, 5) is 0. The highest BCUT2D eigenvalue weighted by Gasteiger charge is 2.08. The van der Waals surface area contributed by atoms with Crippen LogP contribution in [0.4, 0.5) is 11.4 Å². The van der Waals surface area contributed by atoms with Gasteiger partial charge in [-0.1, -0.05) is 18.2 Å². The Morgan fingerprint density at radius 2 is 1.76 bits per heavy atom. The Morgan fingerprint density at radius 3 is 2.47 bits per heavy atom. The van der Waals surface area contributed by atoms with E-state index >= 15 is 0 Å². The maximum atomic E-state index is 5.97. The molecule has 0 spiro atoms. The molecule has 0 atom stereocenters. The lowest BCUT2D eigenvalue weighted by Gasteiger charge is -2.12. The molecule has 0 fully saturated rings. The Balaban J connectivity index is 2.55. The molecule has 3 heteroatoms. The molecule has 2 aromatic carbocycles. The molecular weight excluding hydrogens is 212 g/mol. The lowest BCUT2D eigenvalue weighted by Crippen LogP contribution is -1.97. The Morgan fingerprint density at radius 1 is 1.00 bits per heavy atom. The Kier molecular flexibility index (Phi) is 3.19. The van der Waals surface area contributed by atoms with Gasteiger partial charge in [0.15, 0.2) is 0 Å². The molecule has 0 aliphatic carbocycles. The molecule has 0 radical (unpaired) electrons. The van der Waals surface area contributed by atoms with Crippen molar-refractivity contribution in [3.05, 3.63) is 42.5 Å². The van der Waals surface area contributed by atoms with Crippen LogP contribution in [0.25, 0.3) is 11.1 Å². The smallest absolute Gasteiger partial charge is 0.129 e. The second kappa shape index (κ2) is 4.78. The fourth-order valence-electron chi connectivity index (χ4n) is 1.78. The fourth-order valence-corrected chi connectivity index (χ4v) is 1.78. The Hall–Kier alpha value is -2.16. The van der Waals surface area contributed by atoms with Gasteiger partial charge in [-0.3, -0.25) is 0 Å². The molecule has 0 aromatic heterocycles. The molecule has 0 heterocycles. The highest BCUT2D eigenvalue weighted by Crippen LogP contribution is 2.34. The number of hydrogen-bond donors (Lipinski definition) is 2. The number of rotatable bonds is 3. The van der Waals surface area contributed by atoms with Gasteiger partial charge in [0, 0.05) is 28.6 Å². The molecule has 88 valence electrons. The summed E-state index contributed by atoms with van der Waals surface area (Å²) in [5.74, 6) is 0.769. The largest absolute Gasteiger partial charge is 0.493 e. The van der Waals surface area contributed by atoms with Gasteiger partial charge in [-0.2, -0.15) is 0 Å².